The lowest BCUT2D eigenvalue weighted by molar-refractivity contribution is 0.171. The van der Waals surface area contributed by atoms with Crippen LogP contribution in [0.3, 0.4) is 0 Å². The van der Waals surface area contributed by atoms with Gasteiger partial charge in [-0.1, -0.05) is 71.2 Å². The van der Waals surface area contributed by atoms with Crippen molar-refractivity contribution < 1.29 is 0 Å². The molecule has 0 bridgehead atoms. The number of hydrogen-bond acceptors (Lipinski definition) is 3. The number of aromatic nitrogens is 3. The van der Waals surface area contributed by atoms with Crippen LogP contribution in [0.2, 0.25) is 0 Å². The summed E-state index contributed by atoms with van der Waals surface area (Å²) >= 11 is 6.04. The number of nitrogens with zero attached hydrogens (tertiary/aromatic N) is 4. The molecule has 2 unspecified atom stereocenters. The maximum atomic E-state index is 6.04. The average Bonchev–Trinajstić information content (AvgIpc) is 3.05. The minimum absolute atomic E-state index is 0.156. The molecule has 164 valence electrons. The minimum atomic E-state index is 0.156. The third-order valence-corrected chi connectivity index (χ3v) is 7.47. The van der Waals surface area contributed by atoms with Gasteiger partial charge in [0.15, 0.2) is 10.6 Å². The lowest BCUT2D eigenvalue weighted by Gasteiger charge is -2.30. The molecule has 2 fully saturated rings. The summed E-state index contributed by atoms with van der Waals surface area (Å²) in [6.07, 6.45) is 9.04. The zero-order valence-corrected chi connectivity index (χ0v) is 20.0. The number of benzene rings is 1. The Kier molecular flexibility index (Phi) is 6.50. The summed E-state index contributed by atoms with van der Waals surface area (Å²) in [5, 5.41) is 5.11. The summed E-state index contributed by atoms with van der Waals surface area (Å²) in [5.74, 6) is 1.70. The van der Waals surface area contributed by atoms with E-state index >= 15 is 0 Å². The summed E-state index contributed by atoms with van der Waals surface area (Å²) in [6.45, 7) is 12.3. The van der Waals surface area contributed by atoms with Gasteiger partial charge < -0.3 is 0 Å². The van der Waals surface area contributed by atoms with Crippen LogP contribution in [0.25, 0.3) is 11.4 Å². The molecular weight excluding hydrogens is 388 g/mol. The van der Waals surface area contributed by atoms with Gasteiger partial charge >= 0.3 is 0 Å². The van der Waals surface area contributed by atoms with Gasteiger partial charge in [0, 0.05) is 11.6 Å². The van der Waals surface area contributed by atoms with Gasteiger partial charge in [0.05, 0.1) is 6.67 Å². The summed E-state index contributed by atoms with van der Waals surface area (Å²) in [6, 6.07) is 9.46. The summed E-state index contributed by atoms with van der Waals surface area (Å²) < 4.78 is 5.39. The Hall–Kier alpha value is -1.46. The Balaban J connectivity index is 1.73. The molecule has 2 aromatic rings. The molecule has 1 saturated carbocycles. The zero-order chi connectivity index (χ0) is 21.3. The van der Waals surface area contributed by atoms with E-state index in [4.69, 9.17) is 17.3 Å². The van der Waals surface area contributed by atoms with Crippen molar-refractivity contribution in [1.82, 2.24) is 19.2 Å². The normalized spacial score (nSPS) is 23.6. The minimum Gasteiger partial charge on any atom is -0.297 e. The molecule has 2 atom stereocenters. The molecule has 1 saturated heterocycles. The van der Waals surface area contributed by atoms with Crippen LogP contribution in [0.4, 0.5) is 0 Å². The van der Waals surface area contributed by atoms with Gasteiger partial charge in [-0.2, -0.15) is 5.10 Å². The van der Waals surface area contributed by atoms with E-state index in [0.717, 1.165) is 30.4 Å². The topological polar surface area (TPSA) is 26.0 Å². The number of likely N-dealkylation sites (tertiary alicyclic amines) is 1. The van der Waals surface area contributed by atoms with Gasteiger partial charge in [0.1, 0.15) is 0 Å². The van der Waals surface area contributed by atoms with Crippen LogP contribution in [-0.4, -0.2) is 32.3 Å². The smallest absolute Gasteiger partial charge is 0.199 e. The molecule has 1 aromatic heterocycles. The molecule has 30 heavy (non-hydrogen) atoms. The highest BCUT2D eigenvalue weighted by molar-refractivity contribution is 7.71. The molecule has 0 spiro atoms. The van der Waals surface area contributed by atoms with E-state index in [1.54, 1.807) is 0 Å². The third-order valence-electron chi connectivity index (χ3n) is 7.06. The van der Waals surface area contributed by atoms with Crippen LogP contribution in [0, 0.1) is 10.7 Å². The zero-order valence-electron chi connectivity index (χ0n) is 19.2. The van der Waals surface area contributed by atoms with Gasteiger partial charge in [-0.25, -0.2) is 4.68 Å². The van der Waals surface area contributed by atoms with Crippen LogP contribution >= 0.6 is 12.2 Å². The molecular formula is C25H38N4S. The van der Waals surface area contributed by atoms with E-state index in [9.17, 15) is 0 Å². The van der Waals surface area contributed by atoms with Gasteiger partial charge in [0.25, 0.3) is 0 Å². The largest absolute Gasteiger partial charge is 0.297 e. The molecule has 2 aliphatic rings. The maximum absolute atomic E-state index is 6.04. The van der Waals surface area contributed by atoms with E-state index in [1.165, 1.54) is 56.1 Å². The van der Waals surface area contributed by atoms with E-state index in [2.05, 4.69) is 66.1 Å². The molecule has 0 amide bonds. The Labute approximate surface area is 187 Å². The van der Waals surface area contributed by atoms with Gasteiger partial charge in [-0.3, -0.25) is 9.47 Å². The van der Waals surface area contributed by atoms with Gasteiger partial charge in [0.2, 0.25) is 0 Å². The lowest BCUT2D eigenvalue weighted by atomic mass is 9.85. The molecule has 4 nitrogen and oxygen atoms in total. The second-order valence-electron chi connectivity index (χ2n) is 10.5. The van der Waals surface area contributed by atoms with E-state index in [0.29, 0.717) is 12.0 Å². The third kappa shape index (κ3) is 4.57. The van der Waals surface area contributed by atoms with Crippen LogP contribution in [0.15, 0.2) is 24.3 Å². The van der Waals surface area contributed by atoms with Gasteiger partial charge in [-0.15, -0.1) is 0 Å². The highest BCUT2D eigenvalue weighted by atomic mass is 32.1. The Morgan fingerprint density at radius 2 is 1.63 bits per heavy atom. The fraction of sp³-hybridized carbons (Fsp3) is 0.680. The second-order valence-corrected chi connectivity index (χ2v) is 10.8. The van der Waals surface area contributed by atoms with E-state index in [-0.39, 0.29) is 5.41 Å². The second kappa shape index (κ2) is 8.96. The van der Waals surface area contributed by atoms with Crippen molar-refractivity contribution in [2.24, 2.45) is 5.92 Å². The summed E-state index contributed by atoms with van der Waals surface area (Å²) in [7, 11) is 0. The Bertz CT molecular complexity index is 897. The van der Waals surface area contributed by atoms with E-state index < -0.39 is 0 Å². The first-order valence-electron chi connectivity index (χ1n) is 11.9. The standard InChI is InChI=1S/C25H38N4S/c1-19-10-6-7-11-22(19)29-23(20-12-14-21(15-13-20)25(2,3)4)26-28(24(29)30)18-27-16-8-5-9-17-27/h12-15,19,22H,5-11,16-18H2,1-4H3. The van der Waals surface area contributed by atoms with Crippen molar-refractivity contribution in [2.75, 3.05) is 13.1 Å². The molecule has 1 aliphatic carbocycles. The fourth-order valence-corrected chi connectivity index (χ4v) is 5.42. The molecule has 0 radical (unpaired) electrons. The Morgan fingerprint density at radius 3 is 2.27 bits per heavy atom. The molecule has 4 rings (SSSR count). The molecule has 2 heterocycles. The number of rotatable bonds is 4. The predicted molar refractivity (Wildman–Crippen MR) is 127 cm³/mol. The van der Waals surface area contributed by atoms with Crippen LogP contribution in [0.1, 0.15) is 84.2 Å². The first-order chi connectivity index (χ1) is 14.3. The first-order valence-corrected chi connectivity index (χ1v) is 12.3. The monoisotopic (exact) mass is 426 g/mol. The Morgan fingerprint density at radius 1 is 0.967 bits per heavy atom. The fourth-order valence-electron chi connectivity index (χ4n) is 5.10. The van der Waals surface area contributed by atoms with Crippen molar-refractivity contribution in [3.8, 4) is 11.4 Å². The lowest BCUT2D eigenvalue weighted by Crippen LogP contribution is -2.32. The van der Waals surface area contributed by atoms with Gasteiger partial charge in [-0.05, 0) is 67.9 Å². The molecule has 0 N–H and O–H groups in total. The number of hydrogen-bond donors (Lipinski definition) is 0. The van der Waals surface area contributed by atoms with Crippen molar-refractivity contribution in [2.45, 2.75) is 90.8 Å². The van der Waals surface area contributed by atoms with Crippen LogP contribution in [0.5, 0.6) is 0 Å². The van der Waals surface area contributed by atoms with Crippen LogP contribution in [-0.2, 0) is 12.1 Å². The summed E-state index contributed by atoms with van der Waals surface area (Å²) in [5.41, 5.74) is 2.70. The summed E-state index contributed by atoms with van der Waals surface area (Å²) in [4.78, 5) is 2.51. The predicted octanol–water partition coefficient (Wildman–Crippen LogP) is 6.57. The number of piperidine rings is 1. The molecule has 1 aromatic carbocycles. The van der Waals surface area contributed by atoms with Crippen molar-refractivity contribution in [3.63, 3.8) is 0 Å². The first kappa shape index (κ1) is 21.8. The van der Waals surface area contributed by atoms with Crippen LogP contribution < -0.4 is 0 Å². The highest BCUT2D eigenvalue weighted by Gasteiger charge is 2.28. The highest BCUT2D eigenvalue weighted by Crippen LogP contribution is 2.37. The molecule has 1 aliphatic heterocycles. The van der Waals surface area contributed by atoms with Crippen molar-refractivity contribution in [1.29, 1.82) is 0 Å². The van der Waals surface area contributed by atoms with Crippen molar-refractivity contribution >= 4 is 12.2 Å². The SMILES string of the molecule is CC1CCCCC1n1c(-c2ccc(C(C)(C)C)cc2)nn(CN2CCCCC2)c1=S. The maximum Gasteiger partial charge on any atom is 0.199 e. The molecule has 5 heteroatoms. The van der Waals surface area contributed by atoms with E-state index in [1.807, 2.05) is 0 Å². The quantitative estimate of drug-likeness (QED) is 0.517. The average molecular weight is 427 g/mol. The van der Waals surface area contributed by atoms with Crippen molar-refractivity contribution in [3.05, 3.63) is 34.6 Å².